The van der Waals surface area contributed by atoms with E-state index in [1.807, 2.05) is 13.8 Å². The SMILES string of the molecule is CC(C)(OC(=O)c1ccc(Cl)cc1)C1CC[NH2+]CC1. The molecule has 1 fully saturated rings. The summed E-state index contributed by atoms with van der Waals surface area (Å²) in [7, 11) is 0. The molecular formula is C15H21ClNO2+. The van der Waals surface area contributed by atoms with Crippen LogP contribution in [-0.2, 0) is 4.74 Å². The van der Waals surface area contributed by atoms with E-state index >= 15 is 0 Å². The van der Waals surface area contributed by atoms with Crippen molar-refractivity contribution >= 4 is 17.6 Å². The van der Waals surface area contributed by atoms with Gasteiger partial charge in [0.05, 0.1) is 18.7 Å². The third kappa shape index (κ3) is 3.71. The Morgan fingerprint density at radius 3 is 2.42 bits per heavy atom. The van der Waals surface area contributed by atoms with Crippen molar-refractivity contribution < 1.29 is 14.8 Å². The zero-order valence-electron chi connectivity index (χ0n) is 11.5. The molecule has 1 saturated heterocycles. The second-order valence-corrected chi connectivity index (χ2v) is 6.08. The van der Waals surface area contributed by atoms with Crippen LogP contribution < -0.4 is 5.32 Å². The summed E-state index contributed by atoms with van der Waals surface area (Å²) in [5.41, 5.74) is 0.144. The van der Waals surface area contributed by atoms with Gasteiger partial charge in [0.2, 0.25) is 0 Å². The first-order valence-electron chi connectivity index (χ1n) is 6.79. The predicted molar refractivity (Wildman–Crippen MR) is 75.3 cm³/mol. The second-order valence-electron chi connectivity index (χ2n) is 5.64. The van der Waals surface area contributed by atoms with Crippen molar-refractivity contribution in [1.29, 1.82) is 0 Å². The number of quaternary nitrogens is 1. The van der Waals surface area contributed by atoms with Crippen LogP contribution in [0.2, 0.25) is 5.02 Å². The van der Waals surface area contributed by atoms with Gasteiger partial charge in [-0.1, -0.05) is 11.6 Å². The summed E-state index contributed by atoms with van der Waals surface area (Å²) in [6.07, 6.45) is 2.20. The van der Waals surface area contributed by atoms with E-state index < -0.39 is 5.60 Å². The molecule has 0 aliphatic carbocycles. The summed E-state index contributed by atoms with van der Waals surface area (Å²) in [6.45, 7) is 6.26. The topological polar surface area (TPSA) is 42.9 Å². The Balaban J connectivity index is 2.02. The lowest BCUT2D eigenvalue weighted by Gasteiger charge is -2.35. The van der Waals surface area contributed by atoms with E-state index in [0.29, 0.717) is 16.5 Å². The lowest BCUT2D eigenvalue weighted by molar-refractivity contribution is -0.665. The Bertz CT molecular complexity index is 436. The molecule has 2 rings (SSSR count). The van der Waals surface area contributed by atoms with Crippen molar-refractivity contribution in [2.45, 2.75) is 32.3 Å². The van der Waals surface area contributed by atoms with E-state index in [2.05, 4.69) is 5.32 Å². The molecule has 19 heavy (non-hydrogen) atoms. The third-order valence-corrected chi connectivity index (χ3v) is 4.11. The normalized spacial score (nSPS) is 17.2. The van der Waals surface area contributed by atoms with Crippen LogP contribution in [0.3, 0.4) is 0 Å². The van der Waals surface area contributed by atoms with Gasteiger partial charge in [-0.3, -0.25) is 0 Å². The lowest BCUT2D eigenvalue weighted by Crippen LogP contribution is -2.86. The van der Waals surface area contributed by atoms with E-state index in [1.165, 1.54) is 0 Å². The number of rotatable bonds is 3. The summed E-state index contributed by atoms with van der Waals surface area (Å²) >= 11 is 5.82. The highest BCUT2D eigenvalue weighted by Gasteiger charge is 2.35. The molecule has 0 aromatic heterocycles. The van der Waals surface area contributed by atoms with Gasteiger partial charge in [-0.25, -0.2) is 4.79 Å². The molecule has 0 amide bonds. The van der Waals surface area contributed by atoms with Gasteiger partial charge >= 0.3 is 5.97 Å². The van der Waals surface area contributed by atoms with Gasteiger partial charge < -0.3 is 10.1 Å². The number of carbonyl (C=O) groups excluding carboxylic acids is 1. The maximum absolute atomic E-state index is 12.1. The van der Waals surface area contributed by atoms with Gasteiger partial charge in [0.1, 0.15) is 5.60 Å². The van der Waals surface area contributed by atoms with Gasteiger partial charge in [0, 0.05) is 23.8 Å². The standard InChI is InChI=1S/C15H20ClNO2/c1-15(2,12-7-9-17-10-8-12)19-14(18)11-3-5-13(16)6-4-11/h3-6,12,17H,7-10H2,1-2H3/p+1. The number of carbonyl (C=O) groups is 1. The molecule has 4 heteroatoms. The van der Waals surface area contributed by atoms with E-state index in [9.17, 15) is 4.79 Å². The Morgan fingerprint density at radius 1 is 1.26 bits per heavy atom. The maximum atomic E-state index is 12.1. The van der Waals surface area contributed by atoms with Crippen molar-refractivity contribution in [3.8, 4) is 0 Å². The van der Waals surface area contributed by atoms with Gasteiger partial charge in [-0.05, 0) is 38.1 Å². The fraction of sp³-hybridized carbons (Fsp3) is 0.533. The van der Waals surface area contributed by atoms with Crippen LogP contribution in [0.15, 0.2) is 24.3 Å². The van der Waals surface area contributed by atoms with E-state index in [-0.39, 0.29) is 5.97 Å². The zero-order chi connectivity index (χ0) is 13.9. The Labute approximate surface area is 119 Å². The van der Waals surface area contributed by atoms with Crippen LogP contribution in [0.1, 0.15) is 37.0 Å². The van der Waals surface area contributed by atoms with Crippen molar-refractivity contribution in [2.24, 2.45) is 5.92 Å². The number of piperidine rings is 1. The average Bonchev–Trinajstić information content (AvgIpc) is 2.40. The largest absolute Gasteiger partial charge is 0.456 e. The minimum atomic E-state index is -0.412. The van der Waals surface area contributed by atoms with Gasteiger partial charge in [0.25, 0.3) is 0 Å². The molecule has 1 aromatic carbocycles. The van der Waals surface area contributed by atoms with Crippen molar-refractivity contribution in [2.75, 3.05) is 13.1 Å². The summed E-state index contributed by atoms with van der Waals surface area (Å²) in [5.74, 6) is 0.171. The fourth-order valence-corrected chi connectivity index (χ4v) is 2.72. The fourth-order valence-electron chi connectivity index (χ4n) is 2.59. The van der Waals surface area contributed by atoms with Crippen LogP contribution in [0.5, 0.6) is 0 Å². The number of nitrogens with two attached hydrogens (primary N) is 1. The molecule has 104 valence electrons. The van der Waals surface area contributed by atoms with Crippen LogP contribution in [0, 0.1) is 5.92 Å². The van der Waals surface area contributed by atoms with E-state index in [4.69, 9.17) is 16.3 Å². The number of halogens is 1. The number of hydrogen-bond acceptors (Lipinski definition) is 2. The summed E-state index contributed by atoms with van der Waals surface area (Å²) in [5, 5.41) is 2.94. The Kier molecular flexibility index (Phi) is 4.48. The van der Waals surface area contributed by atoms with Crippen molar-refractivity contribution in [1.82, 2.24) is 0 Å². The number of ether oxygens (including phenoxy) is 1. The Morgan fingerprint density at radius 2 is 1.84 bits per heavy atom. The van der Waals surface area contributed by atoms with Gasteiger partial charge in [-0.15, -0.1) is 0 Å². The first-order chi connectivity index (χ1) is 8.99. The molecule has 1 heterocycles. The number of benzene rings is 1. The van der Waals surface area contributed by atoms with Gasteiger partial charge in [0.15, 0.2) is 0 Å². The maximum Gasteiger partial charge on any atom is 0.338 e. The highest BCUT2D eigenvalue weighted by atomic mass is 35.5. The summed E-state index contributed by atoms with van der Waals surface area (Å²) < 4.78 is 5.71. The minimum Gasteiger partial charge on any atom is -0.456 e. The summed E-state index contributed by atoms with van der Waals surface area (Å²) in [4.78, 5) is 12.1. The minimum absolute atomic E-state index is 0.267. The third-order valence-electron chi connectivity index (χ3n) is 3.86. The highest BCUT2D eigenvalue weighted by molar-refractivity contribution is 6.30. The van der Waals surface area contributed by atoms with Crippen molar-refractivity contribution in [3.05, 3.63) is 34.9 Å². The lowest BCUT2D eigenvalue weighted by atomic mass is 9.83. The Hall–Kier alpha value is -1.06. The molecule has 1 aromatic rings. The number of esters is 1. The second kappa shape index (κ2) is 5.93. The highest BCUT2D eigenvalue weighted by Crippen LogP contribution is 2.28. The smallest absolute Gasteiger partial charge is 0.338 e. The van der Waals surface area contributed by atoms with Crippen molar-refractivity contribution in [3.63, 3.8) is 0 Å². The van der Waals surface area contributed by atoms with Crippen LogP contribution in [0.25, 0.3) is 0 Å². The zero-order valence-corrected chi connectivity index (χ0v) is 12.2. The van der Waals surface area contributed by atoms with Crippen LogP contribution in [-0.4, -0.2) is 24.7 Å². The molecule has 0 radical (unpaired) electrons. The molecular weight excluding hydrogens is 262 g/mol. The first kappa shape index (κ1) is 14.4. The van der Waals surface area contributed by atoms with E-state index in [1.54, 1.807) is 24.3 Å². The summed E-state index contributed by atoms with van der Waals surface area (Å²) in [6, 6.07) is 6.83. The monoisotopic (exact) mass is 282 g/mol. The first-order valence-corrected chi connectivity index (χ1v) is 7.17. The predicted octanol–water partition coefficient (Wildman–Crippen LogP) is 2.25. The van der Waals surface area contributed by atoms with Crippen LogP contribution in [0.4, 0.5) is 0 Å². The molecule has 0 bridgehead atoms. The van der Waals surface area contributed by atoms with Gasteiger partial charge in [-0.2, -0.15) is 0 Å². The van der Waals surface area contributed by atoms with E-state index in [0.717, 1.165) is 25.9 Å². The molecule has 1 aliphatic rings. The quantitative estimate of drug-likeness (QED) is 0.864. The number of hydrogen-bond donors (Lipinski definition) is 1. The average molecular weight is 283 g/mol. The molecule has 0 atom stereocenters. The molecule has 0 spiro atoms. The van der Waals surface area contributed by atoms with Crippen LogP contribution >= 0.6 is 11.6 Å². The molecule has 2 N–H and O–H groups in total. The molecule has 3 nitrogen and oxygen atoms in total. The molecule has 0 saturated carbocycles. The molecule has 1 aliphatic heterocycles. The molecule has 0 unspecified atom stereocenters.